The minimum atomic E-state index is -0.699. The smallest absolute Gasteiger partial charge is 0.101 e. The third kappa shape index (κ3) is 2.43. The van der Waals surface area contributed by atoms with E-state index in [2.05, 4.69) is 11.8 Å². The molecule has 1 atom stereocenters. The SMILES string of the molecule is CCN1CCCC(O)(c2sccc2Cl)CC1. The van der Waals surface area contributed by atoms with Crippen molar-refractivity contribution in [2.45, 2.75) is 31.8 Å². The van der Waals surface area contributed by atoms with E-state index in [1.54, 1.807) is 11.3 Å². The quantitative estimate of drug-likeness (QED) is 0.882. The van der Waals surface area contributed by atoms with E-state index in [0.29, 0.717) is 0 Å². The summed E-state index contributed by atoms with van der Waals surface area (Å²) in [6, 6.07) is 1.88. The maximum absolute atomic E-state index is 10.7. The molecule has 1 fully saturated rings. The van der Waals surface area contributed by atoms with Crippen LogP contribution >= 0.6 is 22.9 Å². The number of aliphatic hydroxyl groups is 1. The summed E-state index contributed by atoms with van der Waals surface area (Å²) < 4.78 is 0. The van der Waals surface area contributed by atoms with E-state index >= 15 is 0 Å². The Hall–Kier alpha value is -0.0900. The molecular weight excluding hydrogens is 242 g/mol. The number of hydrogen-bond donors (Lipinski definition) is 1. The second kappa shape index (κ2) is 5.05. The molecule has 1 N–H and O–H groups in total. The van der Waals surface area contributed by atoms with Gasteiger partial charge in [0.15, 0.2) is 0 Å². The van der Waals surface area contributed by atoms with E-state index in [1.165, 1.54) is 0 Å². The number of rotatable bonds is 2. The molecule has 0 amide bonds. The Balaban J connectivity index is 2.16. The molecule has 0 saturated carbocycles. The Morgan fingerprint density at radius 2 is 2.31 bits per heavy atom. The highest BCUT2D eigenvalue weighted by Gasteiger charge is 2.34. The van der Waals surface area contributed by atoms with Gasteiger partial charge >= 0.3 is 0 Å². The summed E-state index contributed by atoms with van der Waals surface area (Å²) in [4.78, 5) is 3.34. The lowest BCUT2D eigenvalue weighted by Crippen LogP contribution is -2.28. The maximum Gasteiger partial charge on any atom is 0.101 e. The molecule has 2 nitrogen and oxygen atoms in total. The van der Waals surface area contributed by atoms with Crippen molar-refractivity contribution in [2.75, 3.05) is 19.6 Å². The van der Waals surface area contributed by atoms with Crippen molar-refractivity contribution in [1.82, 2.24) is 4.90 Å². The van der Waals surface area contributed by atoms with Gasteiger partial charge in [-0.2, -0.15) is 0 Å². The summed E-state index contributed by atoms with van der Waals surface area (Å²) >= 11 is 7.70. The summed E-state index contributed by atoms with van der Waals surface area (Å²) in [5, 5.41) is 13.4. The van der Waals surface area contributed by atoms with Crippen molar-refractivity contribution in [3.8, 4) is 0 Å². The predicted molar refractivity (Wildman–Crippen MR) is 69.2 cm³/mol. The molecule has 0 spiro atoms. The summed E-state index contributed by atoms with van der Waals surface area (Å²) in [6.07, 6.45) is 2.66. The Kier molecular flexibility index (Phi) is 3.90. The number of hydrogen-bond acceptors (Lipinski definition) is 3. The molecule has 1 unspecified atom stereocenters. The van der Waals surface area contributed by atoms with E-state index in [-0.39, 0.29) is 0 Å². The Morgan fingerprint density at radius 1 is 1.50 bits per heavy atom. The van der Waals surface area contributed by atoms with E-state index < -0.39 is 5.60 Å². The van der Waals surface area contributed by atoms with Gasteiger partial charge in [0.05, 0.1) is 9.90 Å². The average molecular weight is 260 g/mol. The van der Waals surface area contributed by atoms with Gasteiger partial charge < -0.3 is 10.0 Å². The highest BCUT2D eigenvalue weighted by Crippen LogP contribution is 2.39. The second-order valence-electron chi connectivity index (χ2n) is 4.42. The monoisotopic (exact) mass is 259 g/mol. The fraction of sp³-hybridized carbons (Fsp3) is 0.667. The van der Waals surface area contributed by atoms with Crippen LogP contribution in [-0.4, -0.2) is 29.6 Å². The number of halogens is 1. The molecule has 0 radical (unpaired) electrons. The molecule has 2 rings (SSSR count). The van der Waals surface area contributed by atoms with Crippen LogP contribution in [0, 0.1) is 0 Å². The van der Waals surface area contributed by atoms with Crippen LogP contribution in [0.2, 0.25) is 5.02 Å². The molecule has 1 saturated heterocycles. The minimum Gasteiger partial charge on any atom is -0.384 e. The van der Waals surface area contributed by atoms with Crippen LogP contribution in [0.25, 0.3) is 0 Å². The van der Waals surface area contributed by atoms with Crippen molar-refractivity contribution in [3.63, 3.8) is 0 Å². The van der Waals surface area contributed by atoms with Crippen molar-refractivity contribution in [3.05, 3.63) is 21.3 Å². The maximum atomic E-state index is 10.7. The number of likely N-dealkylation sites (tertiary alicyclic amines) is 1. The van der Waals surface area contributed by atoms with Gasteiger partial charge in [-0.25, -0.2) is 0 Å². The molecule has 1 aliphatic rings. The van der Waals surface area contributed by atoms with E-state index in [9.17, 15) is 5.11 Å². The highest BCUT2D eigenvalue weighted by molar-refractivity contribution is 7.10. The second-order valence-corrected chi connectivity index (χ2v) is 5.74. The van der Waals surface area contributed by atoms with Gasteiger partial charge in [-0.1, -0.05) is 18.5 Å². The zero-order chi connectivity index (χ0) is 11.6. The first-order valence-electron chi connectivity index (χ1n) is 5.84. The van der Waals surface area contributed by atoms with E-state index in [1.807, 2.05) is 11.4 Å². The Labute approximate surface area is 106 Å². The number of nitrogens with zero attached hydrogens (tertiary/aromatic N) is 1. The fourth-order valence-corrected chi connectivity index (χ4v) is 3.74. The van der Waals surface area contributed by atoms with Gasteiger partial charge in [-0.3, -0.25) is 0 Å². The Morgan fingerprint density at radius 3 is 2.94 bits per heavy atom. The van der Waals surface area contributed by atoms with Crippen molar-refractivity contribution in [2.24, 2.45) is 0 Å². The molecular formula is C12H18ClNOS. The Bertz CT molecular complexity index is 355. The van der Waals surface area contributed by atoms with Crippen LogP contribution in [0.1, 0.15) is 31.1 Å². The van der Waals surface area contributed by atoms with Gasteiger partial charge in [0.1, 0.15) is 5.60 Å². The molecule has 0 aliphatic carbocycles. The van der Waals surface area contributed by atoms with Crippen molar-refractivity contribution < 1.29 is 5.11 Å². The zero-order valence-corrected chi connectivity index (χ0v) is 11.2. The first-order chi connectivity index (χ1) is 7.65. The van der Waals surface area contributed by atoms with Crippen LogP contribution in [0.15, 0.2) is 11.4 Å². The van der Waals surface area contributed by atoms with Crippen LogP contribution < -0.4 is 0 Å². The lowest BCUT2D eigenvalue weighted by Gasteiger charge is -2.26. The topological polar surface area (TPSA) is 23.5 Å². The van der Waals surface area contributed by atoms with Crippen molar-refractivity contribution in [1.29, 1.82) is 0 Å². The summed E-state index contributed by atoms with van der Waals surface area (Å²) in [6.45, 7) is 5.28. The normalized spacial score (nSPS) is 27.9. The van der Waals surface area contributed by atoms with Crippen LogP contribution in [-0.2, 0) is 5.60 Å². The van der Waals surface area contributed by atoms with Gasteiger partial charge in [-0.05, 0) is 43.8 Å². The third-order valence-corrected chi connectivity index (χ3v) is 4.93. The van der Waals surface area contributed by atoms with E-state index in [0.717, 1.165) is 48.8 Å². The standard InChI is InChI=1S/C12H18ClNOS/c1-2-14-7-3-5-12(15,6-8-14)11-10(13)4-9-16-11/h4,9,15H,2-3,5-8H2,1H3. The molecule has 4 heteroatoms. The van der Waals surface area contributed by atoms with Gasteiger partial charge in [0, 0.05) is 6.54 Å². The lowest BCUT2D eigenvalue weighted by atomic mass is 9.93. The van der Waals surface area contributed by atoms with Gasteiger partial charge in [-0.15, -0.1) is 11.3 Å². The van der Waals surface area contributed by atoms with Crippen LogP contribution in [0.5, 0.6) is 0 Å². The number of thiophene rings is 1. The molecule has 90 valence electrons. The molecule has 16 heavy (non-hydrogen) atoms. The van der Waals surface area contributed by atoms with E-state index in [4.69, 9.17) is 11.6 Å². The molecule has 0 aromatic carbocycles. The fourth-order valence-electron chi connectivity index (χ4n) is 2.34. The van der Waals surface area contributed by atoms with Crippen LogP contribution in [0.4, 0.5) is 0 Å². The first kappa shape index (κ1) is 12.4. The van der Waals surface area contributed by atoms with Gasteiger partial charge in [0.25, 0.3) is 0 Å². The summed E-state index contributed by atoms with van der Waals surface area (Å²) in [5.41, 5.74) is -0.699. The van der Waals surface area contributed by atoms with Crippen LogP contribution in [0.3, 0.4) is 0 Å². The van der Waals surface area contributed by atoms with Crippen molar-refractivity contribution >= 4 is 22.9 Å². The molecule has 2 heterocycles. The highest BCUT2D eigenvalue weighted by atomic mass is 35.5. The molecule has 0 bridgehead atoms. The predicted octanol–water partition coefficient (Wildman–Crippen LogP) is 3.09. The average Bonchev–Trinajstić information content (AvgIpc) is 2.60. The molecule has 1 aromatic rings. The van der Waals surface area contributed by atoms with Gasteiger partial charge in [0.2, 0.25) is 0 Å². The summed E-state index contributed by atoms with van der Waals surface area (Å²) in [7, 11) is 0. The molecule has 1 aliphatic heterocycles. The third-order valence-electron chi connectivity index (χ3n) is 3.39. The summed E-state index contributed by atoms with van der Waals surface area (Å²) in [5.74, 6) is 0. The lowest BCUT2D eigenvalue weighted by molar-refractivity contribution is 0.0251. The zero-order valence-electron chi connectivity index (χ0n) is 9.58. The first-order valence-corrected chi connectivity index (χ1v) is 7.09. The molecule has 1 aromatic heterocycles. The minimum absolute atomic E-state index is 0.699. The largest absolute Gasteiger partial charge is 0.384 e.